The molecule has 2 amide bonds. The number of rotatable bonds is 6. The second kappa shape index (κ2) is 8.36. The van der Waals surface area contributed by atoms with Gasteiger partial charge in [-0.3, -0.25) is 4.79 Å². The lowest BCUT2D eigenvalue weighted by molar-refractivity contribution is -0.141. The van der Waals surface area contributed by atoms with Gasteiger partial charge in [-0.1, -0.05) is 16.8 Å². The molecule has 0 spiro atoms. The van der Waals surface area contributed by atoms with E-state index in [9.17, 15) is 9.59 Å². The number of amides is 2. The molecule has 144 valence electrons. The van der Waals surface area contributed by atoms with Gasteiger partial charge < -0.3 is 24.6 Å². The fourth-order valence-corrected chi connectivity index (χ4v) is 2.97. The van der Waals surface area contributed by atoms with Gasteiger partial charge in [-0.25, -0.2) is 4.79 Å². The lowest BCUT2D eigenvalue weighted by Crippen LogP contribution is -2.33. The van der Waals surface area contributed by atoms with Crippen molar-refractivity contribution in [1.82, 2.24) is 15.0 Å². The average molecular weight is 395 g/mol. The van der Waals surface area contributed by atoms with E-state index in [1.54, 1.807) is 25.3 Å². The topological polar surface area (TPSA) is 118 Å². The van der Waals surface area contributed by atoms with Crippen LogP contribution in [0.25, 0.3) is 11.5 Å². The number of aliphatic carboxylic acids is 1. The molecule has 1 aromatic carbocycles. The summed E-state index contributed by atoms with van der Waals surface area (Å²) >= 11 is 6.08. The molecule has 1 aliphatic rings. The summed E-state index contributed by atoms with van der Waals surface area (Å²) < 4.78 is 10.3. The molecular formula is C17H19ClN4O5. The molecule has 2 aromatic rings. The van der Waals surface area contributed by atoms with Crippen LogP contribution in [0.5, 0.6) is 0 Å². The first-order chi connectivity index (χ1) is 13.0. The zero-order chi connectivity index (χ0) is 19.4. The zero-order valence-corrected chi connectivity index (χ0v) is 15.4. The molecule has 27 heavy (non-hydrogen) atoms. The maximum absolute atomic E-state index is 12.5. The summed E-state index contributed by atoms with van der Waals surface area (Å²) in [4.78, 5) is 29.3. The smallest absolute Gasteiger partial charge is 0.321 e. The van der Waals surface area contributed by atoms with Crippen LogP contribution in [-0.4, -0.2) is 59.0 Å². The third-order valence-corrected chi connectivity index (χ3v) is 4.51. The Kier molecular flexibility index (Phi) is 5.92. The van der Waals surface area contributed by atoms with Gasteiger partial charge in [0, 0.05) is 31.6 Å². The van der Waals surface area contributed by atoms with Crippen molar-refractivity contribution < 1.29 is 24.0 Å². The summed E-state index contributed by atoms with van der Waals surface area (Å²) in [6.45, 7) is 1.01. The number of carbonyl (C=O) groups excluding carboxylic acids is 1. The van der Waals surface area contributed by atoms with Gasteiger partial charge in [0.25, 0.3) is 5.89 Å². The standard InChI is InChI=1S/C17H19ClN4O5/c1-26-7-5-14-20-15(27-21-14)12-8-11(18)2-3-13(12)19-17(25)22-6-4-10(9-22)16(23)24/h2-3,8,10H,4-7,9H2,1H3,(H,19,25)(H,23,24). The number of nitrogens with one attached hydrogen (secondary N) is 1. The van der Waals surface area contributed by atoms with E-state index >= 15 is 0 Å². The fourth-order valence-electron chi connectivity index (χ4n) is 2.80. The van der Waals surface area contributed by atoms with Crippen LogP contribution >= 0.6 is 11.6 Å². The van der Waals surface area contributed by atoms with Crippen molar-refractivity contribution in [2.45, 2.75) is 12.8 Å². The summed E-state index contributed by atoms with van der Waals surface area (Å²) in [5, 5.41) is 16.2. The quantitative estimate of drug-likeness (QED) is 0.772. The largest absolute Gasteiger partial charge is 0.481 e. The molecular weight excluding hydrogens is 376 g/mol. The number of hydrogen-bond acceptors (Lipinski definition) is 6. The Hall–Kier alpha value is -2.65. The Morgan fingerprint density at radius 3 is 3.00 bits per heavy atom. The third-order valence-electron chi connectivity index (χ3n) is 4.28. The number of hydrogen-bond donors (Lipinski definition) is 2. The molecule has 1 atom stereocenters. The number of urea groups is 1. The fraction of sp³-hybridized carbons (Fsp3) is 0.412. The first-order valence-electron chi connectivity index (χ1n) is 8.38. The third kappa shape index (κ3) is 4.55. The summed E-state index contributed by atoms with van der Waals surface area (Å²) in [6, 6.07) is 4.50. The minimum atomic E-state index is -0.896. The van der Waals surface area contributed by atoms with E-state index < -0.39 is 11.9 Å². The van der Waals surface area contributed by atoms with E-state index in [1.165, 1.54) is 4.90 Å². The van der Waals surface area contributed by atoms with Crippen LogP contribution in [0, 0.1) is 5.92 Å². The molecule has 10 heteroatoms. The second-order valence-corrected chi connectivity index (χ2v) is 6.58. The molecule has 1 saturated heterocycles. The Balaban J connectivity index is 1.77. The van der Waals surface area contributed by atoms with E-state index in [4.69, 9.17) is 26.0 Å². The number of anilines is 1. The van der Waals surface area contributed by atoms with Crippen molar-refractivity contribution in [3.05, 3.63) is 29.0 Å². The van der Waals surface area contributed by atoms with Gasteiger partial charge >= 0.3 is 12.0 Å². The predicted molar refractivity (Wildman–Crippen MR) is 96.7 cm³/mol. The molecule has 0 bridgehead atoms. The Morgan fingerprint density at radius 1 is 1.48 bits per heavy atom. The maximum Gasteiger partial charge on any atom is 0.321 e. The summed E-state index contributed by atoms with van der Waals surface area (Å²) in [5.41, 5.74) is 0.936. The van der Waals surface area contributed by atoms with Gasteiger partial charge in [-0.2, -0.15) is 4.98 Å². The van der Waals surface area contributed by atoms with Gasteiger partial charge in [0.15, 0.2) is 5.82 Å². The molecule has 0 radical (unpaired) electrons. The van der Waals surface area contributed by atoms with Crippen LogP contribution in [0.15, 0.2) is 22.7 Å². The first kappa shape index (κ1) is 19.1. The zero-order valence-electron chi connectivity index (χ0n) is 14.6. The van der Waals surface area contributed by atoms with Crippen molar-refractivity contribution in [3.63, 3.8) is 0 Å². The molecule has 1 aliphatic heterocycles. The summed E-state index contributed by atoms with van der Waals surface area (Å²) in [7, 11) is 1.58. The number of nitrogens with zero attached hydrogens (tertiary/aromatic N) is 3. The highest BCUT2D eigenvalue weighted by Crippen LogP contribution is 2.30. The van der Waals surface area contributed by atoms with Crippen LogP contribution in [0.3, 0.4) is 0 Å². The molecule has 2 N–H and O–H groups in total. The number of carboxylic acids is 1. The molecule has 0 aliphatic carbocycles. The van der Waals surface area contributed by atoms with Crippen molar-refractivity contribution in [1.29, 1.82) is 0 Å². The van der Waals surface area contributed by atoms with Gasteiger partial charge in [0.2, 0.25) is 0 Å². The molecule has 2 heterocycles. The highest BCUT2D eigenvalue weighted by molar-refractivity contribution is 6.31. The Morgan fingerprint density at radius 2 is 2.30 bits per heavy atom. The predicted octanol–water partition coefficient (Wildman–Crippen LogP) is 2.52. The van der Waals surface area contributed by atoms with Gasteiger partial charge in [-0.15, -0.1) is 0 Å². The van der Waals surface area contributed by atoms with Crippen molar-refractivity contribution in [3.8, 4) is 11.5 Å². The molecule has 1 fully saturated rings. The number of carbonyl (C=O) groups is 2. The highest BCUT2D eigenvalue weighted by Gasteiger charge is 2.31. The molecule has 1 unspecified atom stereocenters. The summed E-state index contributed by atoms with van der Waals surface area (Å²) in [5.74, 6) is -0.733. The number of likely N-dealkylation sites (tertiary alicyclic amines) is 1. The number of methoxy groups -OCH3 is 1. The van der Waals surface area contributed by atoms with Crippen LogP contribution < -0.4 is 5.32 Å². The van der Waals surface area contributed by atoms with E-state index in [2.05, 4.69) is 15.5 Å². The van der Waals surface area contributed by atoms with Crippen LogP contribution in [0.2, 0.25) is 5.02 Å². The number of aromatic nitrogens is 2. The molecule has 1 aromatic heterocycles. The monoisotopic (exact) mass is 394 g/mol. The van der Waals surface area contributed by atoms with Crippen molar-refractivity contribution >= 4 is 29.3 Å². The Labute approximate surface area is 160 Å². The van der Waals surface area contributed by atoms with Gasteiger partial charge in [0.1, 0.15) is 0 Å². The van der Waals surface area contributed by atoms with Crippen molar-refractivity contribution in [2.75, 3.05) is 32.1 Å². The average Bonchev–Trinajstić information content (AvgIpc) is 3.31. The molecule has 0 saturated carbocycles. The second-order valence-electron chi connectivity index (χ2n) is 6.15. The lowest BCUT2D eigenvalue weighted by atomic mass is 10.1. The van der Waals surface area contributed by atoms with Crippen molar-refractivity contribution in [2.24, 2.45) is 5.92 Å². The normalized spacial score (nSPS) is 16.5. The van der Waals surface area contributed by atoms with Crippen LogP contribution in [0.4, 0.5) is 10.5 Å². The van der Waals surface area contributed by atoms with E-state index in [0.717, 1.165) is 0 Å². The van der Waals surface area contributed by atoms with E-state index in [0.29, 0.717) is 48.1 Å². The Bertz CT molecular complexity index is 840. The first-order valence-corrected chi connectivity index (χ1v) is 8.76. The SMILES string of the molecule is COCCc1noc(-c2cc(Cl)ccc2NC(=O)N2CCC(C(=O)O)C2)n1. The lowest BCUT2D eigenvalue weighted by Gasteiger charge is -2.17. The molecule has 9 nitrogen and oxygen atoms in total. The molecule has 3 rings (SSSR count). The van der Waals surface area contributed by atoms with E-state index in [-0.39, 0.29) is 18.5 Å². The number of ether oxygens (including phenoxy) is 1. The number of halogens is 1. The maximum atomic E-state index is 12.5. The number of benzene rings is 1. The van der Waals surface area contributed by atoms with Gasteiger partial charge in [-0.05, 0) is 24.6 Å². The summed E-state index contributed by atoms with van der Waals surface area (Å²) in [6.07, 6.45) is 0.926. The van der Waals surface area contributed by atoms with Crippen LogP contribution in [-0.2, 0) is 16.0 Å². The minimum absolute atomic E-state index is 0.172. The van der Waals surface area contributed by atoms with E-state index in [1.807, 2.05) is 0 Å². The van der Waals surface area contributed by atoms with Crippen LogP contribution in [0.1, 0.15) is 12.2 Å². The number of carboxylic acid groups (broad SMARTS) is 1. The minimum Gasteiger partial charge on any atom is -0.481 e. The highest BCUT2D eigenvalue weighted by atomic mass is 35.5. The van der Waals surface area contributed by atoms with Gasteiger partial charge in [0.05, 0.1) is 23.8 Å².